The van der Waals surface area contributed by atoms with Crippen molar-refractivity contribution in [3.63, 3.8) is 0 Å². The van der Waals surface area contributed by atoms with Gasteiger partial charge in [0.1, 0.15) is 24.3 Å². The van der Waals surface area contributed by atoms with Crippen LogP contribution in [0.1, 0.15) is 17.7 Å². The number of aliphatic hydroxyl groups is 1. The van der Waals surface area contributed by atoms with Gasteiger partial charge in [-0.1, -0.05) is 11.2 Å². The number of aromatic nitrogens is 3. The Morgan fingerprint density at radius 1 is 1.26 bits per heavy atom. The average molecular weight is 483 g/mol. The summed E-state index contributed by atoms with van der Waals surface area (Å²) in [7, 11) is 0. The fraction of sp³-hybridized carbons (Fsp3) is 0.318. The summed E-state index contributed by atoms with van der Waals surface area (Å²) >= 11 is 1.03. The molecule has 0 saturated carbocycles. The normalized spacial score (nSPS) is 22.8. The summed E-state index contributed by atoms with van der Waals surface area (Å²) in [6.07, 6.45) is 2.67. The van der Waals surface area contributed by atoms with Gasteiger partial charge in [-0.05, 0) is 30.2 Å². The number of ether oxygens (including phenoxy) is 2. The Bertz CT molecular complexity index is 1270. The molecule has 3 aliphatic heterocycles. The zero-order valence-corrected chi connectivity index (χ0v) is 18.4. The zero-order chi connectivity index (χ0) is 23.2. The van der Waals surface area contributed by atoms with Gasteiger partial charge in [0.2, 0.25) is 5.88 Å². The van der Waals surface area contributed by atoms with Crippen molar-refractivity contribution in [2.24, 2.45) is 5.16 Å². The summed E-state index contributed by atoms with van der Waals surface area (Å²) in [4.78, 5) is 23.5. The van der Waals surface area contributed by atoms with E-state index in [4.69, 9.17) is 14.3 Å². The molecular weight excluding hydrogens is 465 g/mol. The van der Waals surface area contributed by atoms with E-state index in [0.717, 1.165) is 17.3 Å². The largest absolute Gasteiger partial charge is 0.472 e. The number of pyridine rings is 1. The Hall–Kier alpha value is -3.64. The highest BCUT2D eigenvalue weighted by atomic mass is 32.1. The number of fused-ring (bicyclic) bond motifs is 3. The van der Waals surface area contributed by atoms with E-state index in [2.05, 4.69) is 18.9 Å². The molecule has 12 heteroatoms. The first-order chi connectivity index (χ1) is 16.6. The lowest BCUT2D eigenvalue weighted by Crippen LogP contribution is -2.36. The SMILES string of the molecule is O=C1O[C@@H](COc2cnsn2)[C@@H]2Cc3cc(-c4ccc(C5=NO[C@H](CO)C5)nc4)c(F)cc3N12. The lowest BCUT2D eigenvalue weighted by atomic mass is 9.99. The van der Waals surface area contributed by atoms with Crippen molar-refractivity contribution < 1.29 is 28.6 Å². The van der Waals surface area contributed by atoms with Gasteiger partial charge in [0.05, 0.1) is 35.8 Å². The van der Waals surface area contributed by atoms with Gasteiger partial charge in [-0.25, -0.2) is 9.18 Å². The summed E-state index contributed by atoms with van der Waals surface area (Å²) in [5, 5.41) is 13.1. The molecule has 0 bridgehead atoms. The maximum atomic E-state index is 15.1. The first kappa shape index (κ1) is 20.9. The number of anilines is 1. The van der Waals surface area contributed by atoms with Crippen LogP contribution >= 0.6 is 11.7 Å². The average Bonchev–Trinajstić information content (AvgIpc) is 3.64. The summed E-state index contributed by atoms with van der Waals surface area (Å²) in [6.45, 7) is 0.0177. The second kappa shape index (κ2) is 8.29. The molecular formula is C22H18FN5O5S. The molecule has 3 aliphatic rings. The molecule has 0 radical (unpaired) electrons. The van der Waals surface area contributed by atoms with Crippen LogP contribution < -0.4 is 9.64 Å². The van der Waals surface area contributed by atoms with Crippen molar-refractivity contribution in [1.82, 2.24) is 13.7 Å². The molecule has 1 fully saturated rings. The molecule has 174 valence electrons. The number of carbonyl (C=O) groups excluding carboxylic acids is 1. The topological polar surface area (TPSA) is 119 Å². The lowest BCUT2D eigenvalue weighted by molar-refractivity contribution is 0.0390. The van der Waals surface area contributed by atoms with Gasteiger partial charge in [0.25, 0.3) is 0 Å². The summed E-state index contributed by atoms with van der Waals surface area (Å²) in [5.74, 6) is -0.0850. The van der Waals surface area contributed by atoms with Gasteiger partial charge in [-0.3, -0.25) is 9.88 Å². The molecule has 1 saturated heterocycles. The van der Waals surface area contributed by atoms with Crippen LogP contribution in [0.15, 0.2) is 41.8 Å². The number of aliphatic hydroxyl groups excluding tert-OH is 1. The maximum absolute atomic E-state index is 15.1. The third-order valence-corrected chi connectivity index (χ3v) is 6.57. The van der Waals surface area contributed by atoms with E-state index in [1.807, 2.05) is 0 Å². The van der Waals surface area contributed by atoms with Crippen LogP contribution in [-0.4, -0.2) is 62.1 Å². The molecule has 0 unspecified atom stereocenters. The van der Waals surface area contributed by atoms with Gasteiger partial charge in [-0.15, -0.1) is 4.37 Å². The van der Waals surface area contributed by atoms with Crippen LogP contribution in [0.25, 0.3) is 11.1 Å². The number of cyclic esters (lactones) is 1. The number of carbonyl (C=O) groups is 1. The highest BCUT2D eigenvalue weighted by Crippen LogP contribution is 2.41. The Morgan fingerprint density at radius 3 is 2.91 bits per heavy atom. The van der Waals surface area contributed by atoms with Gasteiger partial charge >= 0.3 is 6.09 Å². The fourth-order valence-electron chi connectivity index (χ4n) is 4.44. The number of hydrogen-bond donors (Lipinski definition) is 1. The molecule has 1 N–H and O–H groups in total. The second-order valence-corrected chi connectivity index (χ2v) is 8.72. The van der Waals surface area contributed by atoms with E-state index < -0.39 is 18.0 Å². The number of benzene rings is 1. The summed E-state index contributed by atoms with van der Waals surface area (Å²) in [6, 6.07) is 6.36. The Balaban J connectivity index is 1.22. The number of nitrogens with zero attached hydrogens (tertiary/aromatic N) is 5. The maximum Gasteiger partial charge on any atom is 0.415 e. The van der Waals surface area contributed by atoms with Gasteiger partial charge < -0.3 is 19.4 Å². The number of hydrogen-bond acceptors (Lipinski definition) is 10. The molecule has 3 aromatic rings. The highest BCUT2D eigenvalue weighted by Gasteiger charge is 2.48. The number of amides is 1. The molecule has 2 aromatic heterocycles. The summed E-state index contributed by atoms with van der Waals surface area (Å²) < 4.78 is 34.1. The number of rotatable bonds is 6. The smallest absolute Gasteiger partial charge is 0.415 e. The van der Waals surface area contributed by atoms with E-state index in [0.29, 0.717) is 46.9 Å². The lowest BCUT2D eigenvalue weighted by Gasteiger charge is -2.16. The Labute approximate surface area is 196 Å². The molecule has 5 heterocycles. The van der Waals surface area contributed by atoms with Crippen LogP contribution in [0.2, 0.25) is 0 Å². The second-order valence-electron chi connectivity index (χ2n) is 8.17. The minimum atomic E-state index is -0.521. The molecule has 0 spiro atoms. The van der Waals surface area contributed by atoms with Crippen molar-refractivity contribution >= 4 is 29.2 Å². The first-order valence-corrected chi connectivity index (χ1v) is 11.4. The van der Waals surface area contributed by atoms with Crippen LogP contribution in [-0.2, 0) is 16.0 Å². The van der Waals surface area contributed by atoms with E-state index in [9.17, 15) is 9.90 Å². The Kier molecular flexibility index (Phi) is 5.11. The van der Waals surface area contributed by atoms with Crippen LogP contribution in [0, 0.1) is 5.82 Å². The molecule has 10 nitrogen and oxygen atoms in total. The van der Waals surface area contributed by atoms with Crippen molar-refractivity contribution in [3.8, 4) is 17.0 Å². The van der Waals surface area contributed by atoms with E-state index in [1.54, 1.807) is 24.4 Å². The standard InChI is InChI=1S/C22H18FN5O5S/c23-15-6-18-12(4-19-20(32-22(30)28(18)19)10-31-21-8-25-34-27-21)3-14(15)11-1-2-16(24-7-11)17-5-13(9-29)33-26-17/h1-3,6-8,13,19-20,29H,4-5,9-10H2/t13-,19-,20-/m0/s1. The fourth-order valence-corrected chi connectivity index (χ4v) is 4.81. The third kappa shape index (κ3) is 3.55. The van der Waals surface area contributed by atoms with Crippen molar-refractivity contribution in [2.75, 3.05) is 18.1 Å². The van der Waals surface area contributed by atoms with Gasteiger partial charge in [0.15, 0.2) is 12.2 Å². The molecule has 1 aromatic carbocycles. The van der Waals surface area contributed by atoms with Crippen molar-refractivity contribution in [2.45, 2.75) is 31.1 Å². The summed E-state index contributed by atoms with van der Waals surface area (Å²) in [5.41, 5.74) is 3.61. The van der Waals surface area contributed by atoms with Crippen LogP contribution in [0.4, 0.5) is 14.9 Å². The number of oxime groups is 1. The van der Waals surface area contributed by atoms with Crippen LogP contribution in [0.3, 0.4) is 0 Å². The minimum absolute atomic E-state index is 0.119. The minimum Gasteiger partial charge on any atom is -0.472 e. The predicted molar refractivity (Wildman–Crippen MR) is 118 cm³/mol. The molecule has 0 aliphatic carbocycles. The number of halogens is 1. The zero-order valence-electron chi connectivity index (χ0n) is 17.6. The monoisotopic (exact) mass is 483 g/mol. The quantitative estimate of drug-likeness (QED) is 0.568. The first-order valence-electron chi connectivity index (χ1n) is 10.6. The predicted octanol–water partition coefficient (Wildman–Crippen LogP) is 2.55. The third-order valence-electron chi connectivity index (χ3n) is 6.11. The van der Waals surface area contributed by atoms with Crippen molar-refractivity contribution in [1.29, 1.82) is 0 Å². The van der Waals surface area contributed by atoms with Crippen LogP contribution in [0.5, 0.6) is 5.88 Å². The van der Waals surface area contributed by atoms with E-state index in [-0.39, 0.29) is 25.4 Å². The van der Waals surface area contributed by atoms with E-state index in [1.165, 1.54) is 17.2 Å². The Morgan fingerprint density at radius 2 is 2.18 bits per heavy atom. The van der Waals surface area contributed by atoms with Gasteiger partial charge in [-0.2, -0.15) is 4.37 Å². The van der Waals surface area contributed by atoms with Gasteiger partial charge in [0, 0.05) is 23.7 Å². The highest BCUT2D eigenvalue weighted by molar-refractivity contribution is 6.99. The van der Waals surface area contributed by atoms with Crippen molar-refractivity contribution in [3.05, 3.63) is 53.7 Å². The van der Waals surface area contributed by atoms with E-state index >= 15 is 4.39 Å². The molecule has 34 heavy (non-hydrogen) atoms. The molecule has 1 amide bonds. The molecule has 3 atom stereocenters. The molecule has 6 rings (SSSR count).